The highest BCUT2D eigenvalue weighted by molar-refractivity contribution is 5.86. The number of amides is 3. The van der Waals surface area contributed by atoms with Crippen molar-refractivity contribution >= 4 is 23.6 Å². The molecule has 1 saturated heterocycles. The van der Waals surface area contributed by atoms with Crippen LogP contribution in [0.25, 0.3) is 0 Å². The van der Waals surface area contributed by atoms with Gasteiger partial charge >= 0.3 is 12.3 Å². The van der Waals surface area contributed by atoms with Crippen molar-refractivity contribution in [2.24, 2.45) is 11.1 Å². The molecule has 3 rings (SSSR count). The number of likely N-dealkylation sites (tertiary alicyclic amines) is 1. The molecule has 0 spiro atoms. The van der Waals surface area contributed by atoms with Crippen LogP contribution in [-0.2, 0) is 27.0 Å². The Bertz CT molecular complexity index is 1130. The van der Waals surface area contributed by atoms with Gasteiger partial charge in [-0.15, -0.1) is 0 Å². The Balaban J connectivity index is 1.67. The number of hydrogen-bond donors (Lipinski definition) is 3. The van der Waals surface area contributed by atoms with E-state index in [1.807, 2.05) is 0 Å². The topological polar surface area (TPSA) is 114 Å². The summed E-state index contributed by atoms with van der Waals surface area (Å²) in [5.41, 5.74) is 4.45. The third-order valence-corrected chi connectivity index (χ3v) is 6.49. The van der Waals surface area contributed by atoms with E-state index in [4.69, 9.17) is 10.5 Å². The van der Waals surface area contributed by atoms with E-state index in [9.17, 15) is 31.9 Å². The van der Waals surface area contributed by atoms with Crippen LogP contribution in [0, 0.1) is 18.2 Å². The lowest BCUT2D eigenvalue weighted by Crippen LogP contribution is -2.53. The number of ether oxygens (including phenoxy) is 1. The summed E-state index contributed by atoms with van der Waals surface area (Å²) in [6.45, 7) is 1.56. The van der Waals surface area contributed by atoms with Gasteiger partial charge in [-0.05, 0) is 61.2 Å². The maximum atomic E-state index is 13.9. The van der Waals surface area contributed by atoms with Crippen LogP contribution in [0.4, 0.5) is 28.0 Å². The van der Waals surface area contributed by atoms with E-state index < -0.39 is 35.0 Å². The summed E-state index contributed by atoms with van der Waals surface area (Å²) in [5.74, 6) is -1.11. The molecular weight excluding hydrogens is 496 g/mol. The van der Waals surface area contributed by atoms with Gasteiger partial charge in [-0.1, -0.05) is 12.1 Å². The van der Waals surface area contributed by atoms with E-state index in [1.165, 1.54) is 17.0 Å². The van der Waals surface area contributed by atoms with E-state index in [0.29, 0.717) is 11.1 Å². The largest absolute Gasteiger partial charge is 0.448 e. The highest BCUT2D eigenvalue weighted by atomic mass is 19.4. The number of anilines is 1. The summed E-state index contributed by atoms with van der Waals surface area (Å²) >= 11 is 0. The molecule has 0 unspecified atom stereocenters. The molecule has 1 aliphatic heterocycles. The van der Waals surface area contributed by atoms with Crippen molar-refractivity contribution in [3.05, 3.63) is 65.0 Å². The third-order valence-electron chi connectivity index (χ3n) is 6.49. The smallest absolute Gasteiger partial charge is 0.416 e. The number of nitrogens with zero attached hydrogens (tertiary/aromatic N) is 1. The zero-order chi connectivity index (χ0) is 27.2. The minimum absolute atomic E-state index is 0.0490. The maximum absolute atomic E-state index is 13.9. The molecular formula is C25H28F4N4O4. The Morgan fingerprint density at radius 3 is 2.32 bits per heavy atom. The summed E-state index contributed by atoms with van der Waals surface area (Å²) in [6.07, 6.45) is -5.10. The second kappa shape index (κ2) is 11.6. The normalized spacial score (nSPS) is 15.1. The summed E-state index contributed by atoms with van der Waals surface area (Å²) < 4.78 is 57.4. The number of nitrogens with one attached hydrogen (secondary N) is 2. The first kappa shape index (κ1) is 27.9. The molecule has 0 atom stereocenters. The number of halogens is 4. The van der Waals surface area contributed by atoms with E-state index in [-0.39, 0.29) is 57.2 Å². The van der Waals surface area contributed by atoms with E-state index in [2.05, 4.69) is 10.6 Å². The minimum Gasteiger partial charge on any atom is -0.448 e. The third kappa shape index (κ3) is 6.97. The zero-order valence-electron chi connectivity index (χ0n) is 20.2. The summed E-state index contributed by atoms with van der Waals surface area (Å²) in [7, 11) is 0. The van der Waals surface area contributed by atoms with Gasteiger partial charge in [0.05, 0.1) is 17.5 Å². The fourth-order valence-electron chi connectivity index (χ4n) is 4.06. The van der Waals surface area contributed by atoms with Gasteiger partial charge in [0.25, 0.3) is 0 Å². The molecule has 3 amide bonds. The first-order valence-corrected chi connectivity index (χ1v) is 11.6. The molecule has 37 heavy (non-hydrogen) atoms. The molecule has 200 valence electrons. The predicted molar refractivity (Wildman–Crippen MR) is 127 cm³/mol. The molecule has 1 aliphatic rings. The van der Waals surface area contributed by atoms with Crippen LogP contribution in [0.15, 0.2) is 42.5 Å². The quantitative estimate of drug-likeness (QED) is 0.479. The van der Waals surface area contributed by atoms with E-state index >= 15 is 0 Å². The van der Waals surface area contributed by atoms with Gasteiger partial charge in [0.2, 0.25) is 11.8 Å². The van der Waals surface area contributed by atoms with Crippen LogP contribution < -0.4 is 16.4 Å². The lowest BCUT2D eigenvalue weighted by molar-refractivity contribution is -0.142. The monoisotopic (exact) mass is 524 g/mol. The Morgan fingerprint density at radius 2 is 1.73 bits per heavy atom. The number of carbonyl (C=O) groups is 3. The molecule has 0 aromatic heterocycles. The van der Waals surface area contributed by atoms with Crippen LogP contribution in [0.2, 0.25) is 0 Å². The molecule has 0 radical (unpaired) electrons. The van der Waals surface area contributed by atoms with Crippen LogP contribution in [-0.4, -0.2) is 49.0 Å². The Labute approximate surface area is 211 Å². The number of carbonyl (C=O) groups excluding carboxylic acids is 3. The average Bonchev–Trinajstić information content (AvgIpc) is 2.87. The summed E-state index contributed by atoms with van der Waals surface area (Å²) in [5, 5.41) is 5.12. The molecule has 8 nitrogen and oxygen atoms in total. The lowest BCUT2D eigenvalue weighted by atomic mass is 9.78. The summed E-state index contributed by atoms with van der Waals surface area (Å²) in [4.78, 5) is 39.2. The summed E-state index contributed by atoms with van der Waals surface area (Å²) in [6, 6.07) is 8.35. The van der Waals surface area contributed by atoms with Crippen LogP contribution in [0.1, 0.15) is 29.5 Å². The molecule has 0 aliphatic carbocycles. The van der Waals surface area contributed by atoms with Gasteiger partial charge in [0.15, 0.2) is 0 Å². The van der Waals surface area contributed by atoms with Gasteiger partial charge in [-0.2, -0.15) is 13.2 Å². The fourth-order valence-corrected chi connectivity index (χ4v) is 4.06. The Kier molecular flexibility index (Phi) is 8.74. The van der Waals surface area contributed by atoms with Crippen LogP contribution >= 0.6 is 0 Å². The van der Waals surface area contributed by atoms with Gasteiger partial charge in [0.1, 0.15) is 12.4 Å². The number of benzene rings is 2. The second-order valence-corrected chi connectivity index (χ2v) is 8.85. The van der Waals surface area contributed by atoms with Crippen molar-refractivity contribution in [1.82, 2.24) is 10.2 Å². The molecule has 0 saturated carbocycles. The van der Waals surface area contributed by atoms with Crippen molar-refractivity contribution in [3.63, 3.8) is 0 Å². The molecule has 12 heteroatoms. The van der Waals surface area contributed by atoms with Crippen molar-refractivity contribution in [2.75, 3.05) is 31.6 Å². The Hall–Kier alpha value is -3.67. The van der Waals surface area contributed by atoms with Crippen molar-refractivity contribution < 1.29 is 36.7 Å². The average molecular weight is 525 g/mol. The van der Waals surface area contributed by atoms with Crippen molar-refractivity contribution in [1.29, 1.82) is 0 Å². The standard InChI is InChI=1S/C25H28F4N4O4/c1-16-17(3-2-4-20(16)26)14-31-22(35)24(9-11-33(12-10-24)21(34)13-30)15-37-23(36)32-19-7-5-18(6-8-19)25(27,28)29/h2-8H,9-15,30H2,1H3,(H,31,35)(H,32,36). The van der Waals surface area contributed by atoms with Crippen LogP contribution in [0.5, 0.6) is 0 Å². The fraction of sp³-hybridized carbons (Fsp3) is 0.400. The first-order valence-electron chi connectivity index (χ1n) is 11.6. The molecule has 1 heterocycles. The van der Waals surface area contributed by atoms with Gasteiger partial charge < -0.3 is 20.7 Å². The number of nitrogens with two attached hydrogens (primary N) is 1. The maximum Gasteiger partial charge on any atom is 0.416 e. The Morgan fingerprint density at radius 1 is 1.08 bits per heavy atom. The first-order chi connectivity index (χ1) is 17.4. The van der Waals surface area contributed by atoms with E-state index in [1.54, 1.807) is 13.0 Å². The molecule has 0 bridgehead atoms. The van der Waals surface area contributed by atoms with Crippen LogP contribution in [0.3, 0.4) is 0 Å². The van der Waals surface area contributed by atoms with Crippen molar-refractivity contribution in [2.45, 2.75) is 32.5 Å². The predicted octanol–water partition coefficient (Wildman–Crippen LogP) is 3.59. The molecule has 4 N–H and O–H groups in total. The van der Waals surface area contributed by atoms with Gasteiger partial charge in [-0.3, -0.25) is 14.9 Å². The lowest BCUT2D eigenvalue weighted by Gasteiger charge is -2.40. The van der Waals surface area contributed by atoms with Gasteiger partial charge in [0, 0.05) is 25.3 Å². The highest BCUT2D eigenvalue weighted by Crippen LogP contribution is 2.33. The number of hydrogen-bond acceptors (Lipinski definition) is 5. The second-order valence-electron chi connectivity index (χ2n) is 8.85. The molecule has 1 fully saturated rings. The number of piperidine rings is 1. The SMILES string of the molecule is Cc1c(F)cccc1CNC(=O)C1(COC(=O)Nc2ccc(C(F)(F)F)cc2)CCN(C(=O)CN)CC1. The molecule has 2 aromatic rings. The zero-order valence-corrected chi connectivity index (χ0v) is 20.2. The number of rotatable bonds is 7. The number of alkyl halides is 3. The highest BCUT2D eigenvalue weighted by Gasteiger charge is 2.43. The van der Waals surface area contributed by atoms with Crippen molar-refractivity contribution in [3.8, 4) is 0 Å². The van der Waals surface area contributed by atoms with E-state index in [0.717, 1.165) is 24.3 Å². The van der Waals surface area contributed by atoms with Gasteiger partial charge in [-0.25, -0.2) is 9.18 Å². The minimum atomic E-state index is -4.51. The molecule has 2 aromatic carbocycles.